The van der Waals surface area contributed by atoms with Gasteiger partial charge in [-0.05, 0) is 45.4 Å². The predicted molar refractivity (Wildman–Crippen MR) is 96.8 cm³/mol. The fourth-order valence-electron chi connectivity index (χ4n) is 3.34. The molecule has 0 bridgehead atoms. The van der Waals surface area contributed by atoms with Gasteiger partial charge in [-0.1, -0.05) is 0 Å². The fourth-order valence-corrected chi connectivity index (χ4v) is 4.45. The van der Waals surface area contributed by atoms with Crippen LogP contribution in [0.1, 0.15) is 39.5 Å². The summed E-state index contributed by atoms with van der Waals surface area (Å²) in [5.74, 6) is 3.29. The lowest BCUT2D eigenvalue weighted by Gasteiger charge is -2.39. The van der Waals surface area contributed by atoms with Crippen LogP contribution in [-0.2, 0) is 0 Å². The van der Waals surface area contributed by atoms with E-state index < -0.39 is 0 Å². The number of hydrogen-bond donors (Lipinski definition) is 1. The van der Waals surface area contributed by atoms with E-state index in [0.29, 0.717) is 4.75 Å². The van der Waals surface area contributed by atoms with Gasteiger partial charge in [-0.25, -0.2) is 0 Å². The maximum absolute atomic E-state index is 4.51. The molecule has 0 aromatic rings. The second-order valence-corrected chi connectivity index (χ2v) is 9.48. The Morgan fingerprint density at radius 2 is 2.09 bits per heavy atom. The van der Waals surface area contributed by atoms with Crippen molar-refractivity contribution in [1.29, 1.82) is 0 Å². The molecule has 1 aliphatic heterocycles. The molecule has 2 aliphatic carbocycles. The van der Waals surface area contributed by atoms with Gasteiger partial charge < -0.3 is 10.2 Å². The molecule has 0 radical (unpaired) electrons. The molecule has 3 fully saturated rings. The molecule has 4 nitrogen and oxygen atoms in total. The molecule has 0 spiro atoms. The molecule has 0 amide bonds. The standard InChI is InChI=1S/C17H32N4S/c1-17(2)13-21(10-11-22-17)16(18-3)19-8-9-20(15-6-7-15)12-14-4-5-14/h14-15H,4-13H2,1-3H3,(H,18,19). The van der Waals surface area contributed by atoms with Gasteiger partial charge in [-0.3, -0.25) is 9.89 Å². The lowest BCUT2D eigenvalue weighted by molar-refractivity contribution is 0.255. The second kappa shape index (κ2) is 7.00. The van der Waals surface area contributed by atoms with Crippen molar-refractivity contribution in [3.8, 4) is 0 Å². The van der Waals surface area contributed by atoms with E-state index >= 15 is 0 Å². The van der Waals surface area contributed by atoms with Gasteiger partial charge in [0.1, 0.15) is 0 Å². The number of nitrogens with one attached hydrogen (secondary N) is 1. The zero-order valence-electron chi connectivity index (χ0n) is 14.5. The summed E-state index contributed by atoms with van der Waals surface area (Å²) in [6, 6.07) is 0.884. The van der Waals surface area contributed by atoms with E-state index in [2.05, 4.69) is 45.7 Å². The average molecular weight is 325 g/mol. The Morgan fingerprint density at radius 3 is 2.68 bits per heavy atom. The maximum Gasteiger partial charge on any atom is 0.193 e. The van der Waals surface area contributed by atoms with Gasteiger partial charge >= 0.3 is 0 Å². The molecule has 0 atom stereocenters. The molecule has 5 heteroatoms. The molecule has 1 N–H and O–H groups in total. The first-order chi connectivity index (χ1) is 10.6. The first-order valence-corrected chi connectivity index (χ1v) is 9.89. The number of nitrogens with zero attached hydrogens (tertiary/aromatic N) is 3. The molecule has 1 saturated heterocycles. The molecule has 0 unspecified atom stereocenters. The van der Waals surface area contributed by atoms with Crippen molar-refractivity contribution < 1.29 is 0 Å². The molecular formula is C17H32N4S. The molecule has 3 rings (SSSR count). The summed E-state index contributed by atoms with van der Waals surface area (Å²) in [4.78, 5) is 9.66. The van der Waals surface area contributed by atoms with E-state index in [-0.39, 0.29) is 0 Å². The molecule has 22 heavy (non-hydrogen) atoms. The number of thioether (sulfide) groups is 1. The molecule has 126 valence electrons. The van der Waals surface area contributed by atoms with Crippen molar-refractivity contribution >= 4 is 17.7 Å². The van der Waals surface area contributed by atoms with Crippen LogP contribution in [0.5, 0.6) is 0 Å². The number of rotatable bonds is 6. The predicted octanol–water partition coefficient (Wildman–Crippen LogP) is 2.26. The van der Waals surface area contributed by atoms with Crippen LogP contribution in [0, 0.1) is 5.92 Å². The lowest BCUT2D eigenvalue weighted by atomic mass is 10.2. The molecule has 2 saturated carbocycles. The zero-order chi connectivity index (χ0) is 15.6. The number of hydrogen-bond acceptors (Lipinski definition) is 3. The highest BCUT2D eigenvalue weighted by Crippen LogP contribution is 2.34. The Morgan fingerprint density at radius 1 is 1.32 bits per heavy atom. The fraction of sp³-hybridized carbons (Fsp3) is 0.941. The third kappa shape index (κ3) is 4.79. The van der Waals surface area contributed by atoms with Crippen LogP contribution in [0.25, 0.3) is 0 Å². The molecule has 0 aromatic carbocycles. The Kier molecular flexibility index (Phi) is 5.23. The minimum atomic E-state index is 0.335. The van der Waals surface area contributed by atoms with Gasteiger partial charge in [0, 0.05) is 56.3 Å². The van der Waals surface area contributed by atoms with E-state index in [9.17, 15) is 0 Å². The van der Waals surface area contributed by atoms with Crippen molar-refractivity contribution in [2.75, 3.05) is 45.5 Å². The van der Waals surface area contributed by atoms with Crippen molar-refractivity contribution in [1.82, 2.24) is 15.1 Å². The van der Waals surface area contributed by atoms with Crippen LogP contribution < -0.4 is 5.32 Å². The Labute approximate surface area is 140 Å². The van der Waals surface area contributed by atoms with Crippen molar-refractivity contribution in [3.63, 3.8) is 0 Å². The third-order valence-electron chi connectivity index (χ3n) is 4.87. The summed E-state index contributed by atoms with van der Waals surface area (Å²) in [6.07, 6.45) is 5.75. The quantitative estimate of drug-likeness (QED) is 0.600. The highest BCUT2D eigenvalue weighted by molar-refractivity contribution is 8.00. The van der Waals surface area contributed by atoms with E-state index in [0.717, 1.165) is 37.6 Å². The van der Waals surface area contributed by atoms with Crippen molar-refractivity contribution in [2.24, 2.45) is 10.9 Å². The smallest absolute Gasteiger partial charge is 0.193 e. The average Bonchev–Trinajstić information content (AvgIpc) is 3.35. The topological polar surface area (TPSA) is 30.9 Å². The molecule has 1 heterocycles. The van der Waals surface area contributed by atoms with E-state index in [1.807, 2.05) is 7.05 Å². The van der Waals surface area contributed by atoms with Gasteiger partial charge in [0.25, 0.3) is 0 Å². The summed E-state index contributed by atoms with van der Waals surface area (Å²) in [5.41, 5.74) is 0. The van der Waals surface area contributed by atoms with Crippen LogP contribution in [0.3, 0.4) is 0 Å². The minimum absolute atomic E-state index is 0.335. The van der Waals surface area contributed by atoms with E-state index in [4.69, 9.17) is 0 Å². The van der Waals surface area contributed by atoms with Gasteiger partial charge in [-0.2, -0.15) is 11.8 Å². The number of guanidine groups is 1. The third-order valence-corrected chi connectivity index (χ3v) is 6.17. The Bertz CT molecular complexity index is 401. The van der Waals surface area contributed by atoms with Crippen molar-refractivity contribution in [3.05, 3.63) is 0 Å². The Hall–Kier alpha value is -0.420. The summed E-state index contributed by atoms with van der Waals surface area (Å²) in [7, 11) is 1.92. The summed E-state index contributed by atoms with van der Waals surface area (Å²) in [5, 5.41) is 3.61. The highest BCUT2D eigenvalue weighted by Gasteiger charge is 2.33. The van der Waals surface area contributed by atoms with Gasteiger partial charge in [0.2, 0.25) is 0 Å². The lowest BCUT2D eigenvalue weighted by Crippen LogP contribution is -2.52. The van der Waals surface area contributed by atoms with Gasteiger partial charge in [0.15, 0.2) is 5.96 Å². The van der Waals surface area contributed by atoms with Crippen LogP contribution in [0.2, 0.25) is 0 Å². The van der Waals surface area contributed by atoms with Crippen LogP contribution in [0.15, 0.2) is 4.99 Å². The summed E-state index contributed by atoms with van der Waals surface area (Å²) < 4.78 is 0.335. The van der Waals surface area contributed by atoms with Crippen LogP contribution >= 0.6 is 11.8 Å². The first-order valence-electron chi connectivity index (χ1n) is 8.91. The van der Waals surface area contributed by atoms with E-state index in [1.165, 1.54) is 44.5 Å². The van der Waals surface area contributed by atoms with Crippen LogP contribution in [-0.4, -0.2) is 72.1 Å². The van der Waals surface area contributed by atoms with Crippen molar-refractivity contribution in [2.45, 2.75) is 50.3 Å². The Balaban J connectivity index is 1.44. The summed E-state index contributed by atoms with van der Waals surface area (Å²) in [6.45, 7) is 10.4. The molecular weight excluding hydrogens is 292 g/mol. The first kappa shape index (κ1) is 16.4. The maximum atomic E-state index is 4.51. The number of aliphatic imine (C=N–C) groups is 1. The second-order valence-electron chi connectivity index (χ2n) is 7.67. The summed E-state index contributed by atoms with van der Waals surface area (Å²) >= 11 is 2.07. The van der Waals surface area contributed by atoms with Gasteiger partial charge in [-0.15, -0.1) is 0 Å². The highest BCUT2D eigenvalue weighted by atomic mass is 32.2. The minimum Gasteiger partial charge on any atom is -0.355 e. The largest absolute Gasteiger partial charge is 0.355 e. The molecule has 3 aliphatic rings. The van der Waals surface area contributed by atoms with Crippen LogP contribution in [0.4, 0.5) is 0 Å². The normalized spacial score (nSPS) is 25.6. The zero-order valence-corrected chi connectivity index (χ0v) is 15.3. The SMILES string of the molecule is CN=C(NCCN(CC1CC1)C1CC1)N1CCSC(C)(C)C1. The van der Waals surface area contributed by atoms with E-state index in [1.54, 1.807) is 0 Å². The van der Waals surface area contributed by atoms with Gasteiger partial charge in [0.05, 0.1) is 0 Å². The molecule has 0 aromatic heterocycles. The monoisotopic (exact) mass is 324 g/mol.